The van der Waals surface area contributed by atoms with Crippen molar-refractivity contribution >= 4 is 0 Å². The molecule has 0 aliphatic heterocycles. The summed E-state index contributed by atoms with van der Waals surface area (Å²) in [6.07, 6.45) is 3.11. The molecule has 0 aromatic carbocycles. The SMILES string of the molecule is CCCc1cc(CC(C)(C)C)on1. The molecule has 13 heavy (non-hydrogen) atoms. The first kappa shape index (κ1) is 10.3. The monoisotopic (exact) mass is 181 g/mol. The predicted octanol–water partition coefficient (Wildman–Crippen LogP) is 3.22. The van der Waals surface area contributed by atoms with E-state index in [1.807, 2.05) is 0 Å². The van der Waals surface area contributed by atoms with Gasteiger partial charge in [-0.1, -0.05) is 39.3 Å². The third-order valence-electron chi connectivity index (χ3n) is 1.82. The van der Waals surface area contributed by atoms with Crippen LogP contribution < -0.4 is 0 Å². The van der Waals surface area contributed by atoms with E-state index in [2.05, 4.69) is 38.9 Å². The van der Waals surface area contributed by atoms with Gasteiger partial charge in [0.1, 0.15) is 5.76 Å². The molecule has 1 aromatic heterocycles. The molecule has 0 unspecified atom stereocenters. The van der Waals surface area contributed by atoms with Gasteiger partial charge in [0, 0.05) is 12.5 Å². The van der Waals surface area contributed by atoms with Crippen LogP contribution in [0.1, 0.15) is 45.6 Å². The highest BCUT2D eigenvalue weighted by Crippen LogP contribution is 2.21. The average Bonchev–Trinajstić information content (AvgIpc) is 2.33. The maximum atomic E-state index is 5.24. The van der Waals surface area contributed by atoms with Crippen LogP contribution >= 0.6 is 0 Å². The molecule has 0 radical (unpaired) electrons. The van der Waals surface area contributed by atoms with Crippen LogP contribution in [0.15, 0.2) is 10.6 Å². The Morgan fingerprint density at radius 1 is 1.38 bits per heavy atom. The molecule has 0 saturated carbocycles. The Kier molecular flexibility index (Phi) is 3.12. The lowest BCUT2D eigenvalue weighted by Crippen LogP contribution is -2.08. The van der Waals surface area contributed by atoms with Crippen LogP contribution in [-0.4, -0.2) is 5.16 Å². The van der Waals surface area contributed by atoms with Gasteiger partial charge in [-0.15, -0.1) is 0 Å². The highest BCUT2D eigenvalue weighted by Gasteiger charge is 2.14. The summed E-state index contributed by atoms with van der Waals surface area (Å²) in [5.41, 5.74) is 1.37. The van der Waals surface area contributed by atoms with Gasteiger partial charge in [-0.05, 0) is 11.8 Å². The molecule has 74 valence electrons. The second-order valence-electron chi connectivity index (χ2n) is 4.77. The summed E-state index contributed by atoms with van der Waals surface area (Å²) in [5.74, 6) is 1.01. The van der Waals surface area contributed by atoms with E-state index in [0.29, 0.717) is 0 Å². The molecule has 0 bridgehead atoms. The van der Waals surface area contributed by atoms with Crippen LogP contribution in [0.2, 0.25) is 0 Å². The van der Waals surface area contributed by atoms with Gasteiger partial charge in [0.05, 0.1) is 5.69 Å². The lowest BCUT2D eigenvalue weighted by molar-refractivity contribution is 0.318. The highest BCUT2D eigenvalue weighted by molar-refractivity contribution is 5.06. The number of rotatable bonds is 3. The van der Waals surface area contributed by atoms with E-state index in [4.69, 9.17) is 4.52 Å². The molecular formula is C11H19NO. The summed E-state index contributed by atoms with van der Waals surface area (Å²) in [6.45, 7) is 8.76. The van der Waals surface area contributed by atoms with Gasteiger partial charge < -0.3 is 4.52 Å². The smallest absolute Gasteiger partial charge is 0.137 e. The fourth-order valence-corrected chi connectivity index (χ4v) is 1.34. The Labute approximate surface area is 80.3 Å². The number of aromatic nitrogens is 1. The molecular weight excluding hydrogens is 162 g/mol. The summed E-state index contributed by atoms with van der Waals surface area (Å²) in [6, 6.07) is 2.08. The molecule has 0 spiro atoms. The Hall–Kier alpha value is -0.790. The maximum absolute atomic E-state index is 5.24. The number of hydrogen-bond acceptors (Lipinski definition) is 2. The standard InChI is InChI=1S/C11H19NO/c1-5-6-9-7-10(13-12-9)8-11(2,3)4/h7H,5-6,8H2,1-4H3. The van der Waals surface area contributed by atoms with E-state index in [1.165, 1.54) is 0 Å². The van der Waals surface area contributed by atoms with E-state index in [0.717, 1.165) is 30.7 Å². The minimum atomic E-state index is 0.281. The van der Waals surface area contributed by atoms with Crippen molar-refractivity contribution in [3.63, 3.8) is 0 Å². The lowest BCUT2D eigenvalue weighted by Gasteiger charge is -2.14. The number of hydrogen-bond donors (Lipinski definition) is 0. The van der Waals surface area contributed by atoms with Gasteiger partial charge in [-0.2, -0.15) is 0 Å². The Balaban J connectivity index is 2.59. The largest absolute Gasteiger partial charge is 0.361 e. The van der Waals surface area contributed by atoms with Gasteiger partial charge in [0.15, 0.2) is 0 Å². The maximum Gasteiger partial charge on any atom is 0.137 e. The van der Waals surface area contributed by atoms with Gasteiger partial charge in [-0.25, -0.2) is 0 Å². The normalized spacial score (nSPS) is 12.0. The molecule has 1 rings (SSSR count). The van der Waals surface area contributed by atoms with Crippen LogP contribution in [0.3, 0.4) is 0 Å². The van der Waals surface area contributed by atoms with Crippen molar-refractivity contribution < 1.29 is 4.52 Å². The van der Waals surface area contributed by atoms with Crippen LogP contribution in [0, 0.1) is 5.41 Å². The number of aryl methyl sites for hydroxylation is 1. The van der Waals surface area contributed by atoms with Gasteiger partial charge in [-0.3, -0.25) is 0 Å². The zero-order valence-electron chi connectivity index (χ0n) is 9.05. The second kappa shape index (κ2) is 3.95. The van der Waals surface area contributed by atoms with Crippen molar-refractivity contribution in [2.45, 2.75) is 47.0 Å². The predicted molar refractivity (Wildman–Crippen MR) is 53.7 cm³/mol. The third kappa shape index (κ3) is 3.62. The van der Waals surface area contributed by atoms with Gasteiger partial charge in [0.25, 0.3) is 0 Å². The molecule has 0 amide bonds. The van der Waals surface area contributed by atoms with E-state index in [-0.39, 0.29) is 5.41 Å². The molecule has 0 N–H and O–H groups in total. The molecule has 0 aliphatic rings. The van der Waals surface area contributed by atoms with Crippen molar-refractivity contribution in [1.82, 2.24) is 5.16 Å². The third-order valence-corrected chi connectivity index (χ3v) is 1.82. The molecule has 2 heteroatoms. The Morgan fingerprint density at radius 3 is 2.62 bits per heavy atom. The average molecular weight is 181 g/mol. The number of nitrogens with zero attached hydrogens (tertiary/aromatic N) is 1. The minimum absolute atomic E-state index is 0.281. The van der Waals surface area contributed by atoms with Gasteiger partial charge >= 0.3 is 0 Å². The van der Waals surface area contributed by atoms with Crippen molar-refractivity contribution in [2.75, 3.05) is 0 Å². The Morgan fingerprint density at radius 2 is 2.08 bits per heavy atom. The van der Waals surface area contributed by atoms with E-state index in [1.54, 1.807) is 0 Å². The van der Waals surface area contributed by atoms with Gasteiger partial charge in [0.2, 0.25) is 0 Å². The van der Waals surface area contributed by atoms with Crippen molar-refractivity contribution in [3.05, 3.63) is 17.5 Å². The topological polar surface area (TPSA) is 26.0 Å². The molecule has 0 saturated heterocycles. The zero-order chi connectivity index (χ0) is 9.90. The van der Waals surface area contributed by atoms with Crippen molar-refractivity contribution in [3.8, 4) is 0 Å². The van der Waals surface area contributed by atoms with Crippen LogP contribution in [0.25, 0.3) is 0 Å². The zero-order valence-corrected chi connectivity index (χ0v) is 9.05. The van der Waals surface area contributed by atoms with Crippen molar-refractivity contribution in [1.29, 1.82) is 0 Å². The highest BCUT2D eigenvalue weighted by atomic mass is 16.5. The molecule has 0 fully saturated rings. The van der Waals surface area contributed by atoms with E-state index >= 15 is 0 Å². The molecule has 1 aromatic rings. The summed E-state index contributed by atoms with van der Waals surface area (Å²) in [7, 11) is 0. The van der Waals surface area contributed by atoms with Crippen molar-refractivity contribution in [2.24, 2.45) is 5.41 Å². The van der Waals surface area contributed by atoms with Crippen LogP contribution in [0.5, 0.6) is 0 Å². The summed E-state index contributed by atoms with van der Waals surface area (Å²) in [5, 5.41) is 4.02. The van der Waals surface area contributed by atoms with Crippen LogP contribution in [-0.2, 0) is 12.8 Å². The first-order valence-electron chi connectivity index (χ1n) is 4.96. The minimum Gasteiger partial charge on any atom is -0.361 e. The first-order chi connectivity index (χ1) is 6.01. The fraction of sp³-hybridized carbons (Fsp3) is 0.727. The molecule has 1 heterocycles. The van der Waals surface area contributed by atoms with E-state index < -0.39 is 0 Å². The Bertz CT molecular complexity index is 257. The fourth-order valence-electron chi connectivity index (χ4n) is 1.34. The molecule has 0 aliphatic carbocycles. The summed E-state index contributed by atoms with van der Waals surface area (Å²) >= 11 is 0. The molecule has 0 atom stereocenters. The quantitative estimate of drug-likeness (QED) is 0.715. The first-order valence-corrected chi connectivity index (χ1v) is 4.96. The van der Waals surface area contributed by atoms with E-state index in [9.17, 15) is 0 Å². The summed E-state index contributed by atoms with van der Waals surface area (Å²) < 4.78 is 5.24. The lowest BCUT2D eigenvalue weighted by atomic mass is 9.91. The summed E-state index contributed by atoms with van der Waals surface area (Å²) in [4.78, 5) is 0. The van der Waals surface area contributed by atoms with Crippen LogP contribution in [0.4, 0.5) is 0 Å². The molecule has 2 nitrogen and oxygen atoms in total. The second-order valence-corrected chi connectivity index (χ2v) is 4.77.